The Kier molecular flexibility index (Phi) is 5.58. The number of aromatic nitrogens is 2. The minimum atomic E-state index is -1.20. The van der Waals surface area contributed by atoms with E-state index in [0.717, 1.165) is 35.3 Å². The van der Waals surface area contributed by atoms with E-state index in [4.69, 9.17) is 4.98 Å². The molecule has 6 heteroatoms. The third-order valence-electron chi connectivity index (χ3n) is 5.91. The summed E-state index contributed by atoms with van der Waals surface area (Å²) in [6.07, 6.45) is 4.46. The van der Waals surface area contributed by atoms with Gasteiger partial charge < -0.3 is 0 Å². The highest BCUT2D eigenvalue weighted by Gasteiger charge is 2.35. The van der Waals surface area contributed by atoms with Gasteiger partial charge in [0.05, 0.1) is 26.6 Å². The number of fused-ring (bicyclic) bond motifs is 1. The Morgan fingerprint density at radius 1 is 1.25 bits per heavy atom. The van der Waals surface area contributed by atoms with E-state index in [1.807, 2.05) is 47.7 Å². The number of hydrogen-bond donors (Lipinski definition) is 1. The van der Waals surface area contributed by atoms with Crippen molar-refractivity contribution in [3.8, 4) is 0 Å². The smallest absolute Gasteiger partial charge is 0.261 e. The lowest BCUT2D eigenvalue weighted by Crippen LogP contribution is -2.35. The molecule has 1 N–H and O–H groups in total. The molecule has 0 bridgehead atoms. The number of nitrogens with one attached hydrogen (secondary N) is 1. The highest BCUT2D eigenvalue weighted by atomic mass is 32.2. The minimum absolute atomic E-state index is 0.00205. The summed E-state index contributed by atoms with van der Waals surface area (Å²) in [5.41, 5.74) is 2.63. The van der Waals surface area contributed by atoms with Gasteiger partial charge in [-0.2, -0.15) is 0 Å². The maximum atomic E-state index is 13.2. The molecule has 1 aliphatic carbocycles. The Balaban J connectivity index is 2.19. The molecule has 2 aromatic rings. The van der Waals surface area contributed by atoms with E-state index in [-0.39, 0.29) is 21.8 Å². The van der Waals surface area contributed by atoms with Crippen molar-refractivity contribution >= 4 is 21.9 Å². The van der Waals surface area contributed by atoms with Gasteiger partial charge in [0.1, 0.15) is 5.82 Å². The van der Waals surface area contributed by atoms with Gasteiger partial charge in [-0.1, -0.05) is 25.8 Å². The fourth-order valence-electron chi connectivity index (χ4n) is 4.20. The van der Waals surface area contributed by atoms with E-state index in [1.54, 1.807) is 4.57 Å². The van der Waals surface area contributed by atoms with E-state index in [9.17, 15) is 9.00 Å². The van der Waals surface area contributed by atoms with E-state index in [0.29, 0.717) is 5.39 Å². The van der Waals surface area contributed by atoms with Crippen molar-refractivity contribution in [3.63, 3.8) is 0 Å². The zero-order valence-corrected chi connectivity index (χ0v) is 19.0. The lowest BCUT2D eigenvalue weighted by Gasteiger charge is -2.27. The van der Waals surface area contributed by atoms with Gasteiger partial charge in [-0.25, -0.2) is 13.9 Å². The molecular formula is C22H33N3O2S. The topological polar surface area (TPSA) is 64.0 Å². The number of benzene rings is 1. The Labute approximate surface area is 170 Å². The minimum Gasteiger partial charge on any atom is -0.299 e. The van der Waals surface area contributed by atoms with Crippen LogP contribution < -0.4 is 10.3 Å². The first-order chi connectivity index (χ1) is 12.9. The van der Waals surface area contributed by atoms with Crippen LogP contribution in [0.1, 0.15) is 83.3 Å². The standard InChI is InChI=1S/C22H33N3O2S/c1-14-12-16(15(2)24-28(27)21(3,4)5)18-17(13-14)19(26)25(7)20(23-18)22(6)10-8-9-11-22/h12-13,15,24H,8-11H2,1-7H3/t15-,28-/m1/s1. The second-order valence-corrected chi connectivity index (χ2v) is 11.5. The summed E-state index contributed by atoms with van der Waals surface area (Å²) in [7, 11) is 0.635. The van der Waals surface area contributed by atoms with E-state index >= 15 is 0 Å². The van der Waals surface area contributed by atoms with Gasteiger partial charge in [0, 0.05) is 18.5 Å². The molecule has 0 spiro atoms. The molecule has 0 amide bonds. The van der Waals surface area contributed by atoms with Gasteiger partial charge in [0.25, 0.3) is 5.56 Å². The monoisotopic (exact) mass is 403 g/mol. The fourth-order valence-corrected chi connectivity index (χ4v) is 5.00. The Hall–Kier alpha value is -1.53. The average Bonchev–Trinajstić information content (AvgIpc) is 3.04. The second kappa shape index (κ2) is 7.38. The van der Waals surface area contributed by atoms with Gasteiger partial charge >= 0.3 is 0 Å². The molecule has 1 aromatic carbocycles. The molecular weight excluding hydrogens is 370 g/mol. The molecule has 1 heterocycles. The van der Waals surface area contributed by atoms with Crippen molar-refractivity contribution in [1.82, 2.24) is 14.3 Å². The van der Waals surface area contributed by atoms with Crippen LogP contribution in [-0.4, -0.2) is 18.5 Å². The van der Waals surface area contributed by atoms with Crippen LogP contribution in [0.3, 0.4) is 0 Å². The van der Waals surface area contributed by atoms with E-state index in [1.165, 1.54) is 12.8 Å². The summed E-state index contributed by atoms with van der Waals surface area (Å²) in [5, 5.41) is 0.637. The number of rotatable bonds is 4. The summed E-state index contributed by atoms with van der Waals surface area (Å²) < 4.78 is 17.2. The molecule has 0 radical (unpaired) electrons. The molecule has 0 aliphatic heterocycles. The molecule has 0 unspecified atom stereocenters. The zero-order valence-electron chi connectivity index (χ0n) is 18.2. The normalized spacial score (nSPS) is 19.1. The average molecular weight is 404 g/mol. The second-order valence-electron chi connectivity index (χ2n) is 9.54. The molecule has 1 aliphatic rings. The summed E-state index contributed by atoms with van der Waals surface area (Å²) in [6.45, 7) is 12.0. The third-order valence-corrected chi connectivity index (χ3v) is 7.59. The molecule has 0 saturated heterocycles. The van der Waals surface area contributed by atoms with Gasteiger partial charge in [-0.05, 0) is 64.7 Å². The van der Waals surface area contributed by atoms with Crippen LogP contribution >= 0.6 is 0 Å². The van der Waals surface area contributed by atoms with Gasteiger partial charge in [-0.3, -0.25) is 9.36 Å². The summed E-state index contributed by atoms with van der Waals surface area (Å²) in [5.74, 6) is 0.872. The molecule has 3 rings (SSSR count). The van der Waals surface area contributed by atoms with E-state index < -0.39 is 11.0 Å². The summed E-state index contributed by atoms with van der Waals surface area (Å²) in [4.78, 5) is 18.2. The van der Waals surface area contributed by atoms with Crippen molar-refractivity contribution in [3.05, 3.63) is 39.4 Å². The highest BCUT2D eigenvalue weighted by molar-refractivity contribution is 7.84. The zero-order chi connectivity index (χ0) is 20.9. The number of hydrogen-bond acceptors (Lipinski definition) is 3. The number of nitrogens with zero attached hydrogens (tertiary/aromatic N) is 2. The molecule has 1 saturated carbocycles. The van der Waals surface area contributed by atoms with Crippen LogP contribution in [0.25, 0.3) is 10.9 Å². The Bertz CT molecular complexity index is 982. The van der Waals surface area contributed by atoms with Gasteiger partial charge in [0.2, 0.25) is 0 Å². The maximum Gasteiger partial charge on any atom is 0.261 e. The van der Waals surface area contributed by atoms with Crippen molar-refractivity contribution in [2.24, 2.45) is 7.05 Å². The van der Waals surface area contributed by atoms with E-state index in [2.05, 4.69) is 17.7 Å². The first-order valence-corrected chi connectivity index (χ1v) is 11.3. The Morgan fingerprint density at radius 3 is 2.43 bits per heavy atom. The van der Waals surface area contributed by atoms with Crippen LogP contribution in [-0.2, 0) is 23.4 Å². The first-order valence-electron chi connectivity index (χ1n) is 10.1. The number of aryl methyl sites for hydroxylation is 1. The largest absolute Gasteiger partial charge is 0.299 e. The van der Waals surface area contributed by atoms with Crippen LogP contribution in [0.2, 0.25) is 0 Å². The predicted molar refractivity (Wildman–Crippen MR) is 117 cm³/mol. The van der Waals surface area contributed by atoms with Crippen LogP contribution in [0.15, 0.2) is 16.9 Å². The molecule has 1 fully saturated rings. The predicted octanol–water partition coefficient (Wildman–Crippen LogP) is 4.19. The van der Waals surface area contributed by atoms with Crippen LogP contribution in [0.5, 0.6) is 0 Å². The first kappa shape index (κ1) is 21.2. The van der Waals surface area contributed by atoms with Crippen molar-refractivity contribution < 1.29 is 4.21 Å². The van der Waals surface area contributed by atoms with Crippen molar-refractivity contribution in [2.45, 2.75) is 83.4 Å². The van der Waals surface area contributed by atoms with Crippen LogP contribution in [0.4, 0.5) is 0 Å². The van der Waals surface area contributed by atoms with Crippen molar-refractivity contribution in [2.75, 3.05) is 0 Å². The fraction of sp³-hybridized carbons (Fsp3) is 0.636. The molecule has 154 valence electrons. The molecule has 2 atom stereocenters. The van der Waals surface area contributed by atoms with Gasteiger partial charge in [-0.15, -0.1) is 0 Å². The lowest BCUT2D eigenvalue weighted by atomic mass is 9.87. The van der Waals surface area contributed by atoms with Crippen molar-refractivity contribution in [1.29, 1.82) is 0 Å². The van der Waals surface area contributed by atoms with Gasteiger partial charge in [0.15, 0.2) is 0 Å². The highest BCUT2D eigenvalue weighted by Crippen LogP contribution is 2.39. The summed E-state index contributed by atoms with van der Waals surface area (Å²) in [6, 6.07) is 3.81. The summed E-state index contributed by atoms with van der Waals surface area (Å²) >= 11 is 0. The molecule has 28 heavy (non-hydrogen) atoms. The SMILES string of the molecule is Cc1cc([C@@H](C)N[S@](=O)C(C)(C)C)c2nc(C3(C)CCCC3)n(C)c(=O)c2c1. The molecule has 5 nitrogen and oxygen atoms in total. The van der Waals surface area contributed by atoms with Crippen LogP contribution in [0, 0.1) is 6.92 Å². The maximum absolute atomic E-state index is 13.2. The Morgan fingerprint density at radius 2 is 1.86 bits per heavy atom. The lowest BCUT2D eigenvalue weighted by molar-refractivity contribution is 0.435. The third kappa shape index (κ3) is 3.81. The molecule has 1 aromatic heterocycles. The quantitative estimate of drug-likeness (QED) is 0.833.